The fraction of sp³-hybridized carbons (Fsp3) is 0.538. The number of carboxylic acids is 1. The summed E-state index contributed by atoms with van der Waals surface area (Å²) in [6, 6.07) is 0. The van der Waals surface area contributed by atoms with Crippen molar-refractivity contribution in [3.05, 3.63) is 18.1 Å². The van der Waals surface area contributed by atoms with Crippen LogP contribution in [0.2, 0.25) is 0 Å². The number of anilines is 1. The smallest absolute Gasteiger partial charge is 0.358 e. The highest BCUT2D eigenvalue weighted by Gasteiger charge is 2.43. The van der Waals surface area contributed by atoms with Crippen LogP contribution in [-0.2, 0) is 9.53 Å². The zero-order valence-corrected chi connectivity index (χ0v) is 12.2. The number of nitrogens with one attached hydrogen (secondary N) is 1. The first-order valence-electron chi connectivity index (χ1n) is 6.04. The van der Waals surface area contributed by atoms with E-state index in [0.717, 1.165) is 0 Å². The molecular formula is C13H19N3O4. The molecule has 0 aliphatic heterocycles. The number of nitrogens with zero attached hydrogens (tertiary/aromatic N) is 2. The lowest BCUT2D eigenvalue weighted by Crippen LogP contribution is -2.50. The van der Waals surface area contributed by atoms with Crippen molar-refractivity contribution in [3.8, 4) is 0 Å². The topological polar surface area (TPSA) is 101 Å². The Morgan fingerprint density at radius 2 is 1.85 bits per heavy atom. The molecule has 1 rings (SSSR count). The van der Waals surface area contributed by atoms with Gasteiger partial charge in [0.05, 0.1) is 24.9 Å². The molecule has 0 saturated heterocycles. The van der Waals surface area contributed by atoms with Gasteiger partial charge in [-0.25, -0.2) is 9.78 Å². The number of carbonyl (C=O) groups is 2. The minimum atomic E-state index is -1.05. The minimum absolute atomic E-state index is 0.0569. The molecule has 0 radical (unpaired) electrons. The number of methoxy groups -OCH3 is 1. The predicted octanol–water partition coefficient (Wildman–Crippen LogP) is 1.56. The van der Waals surface area contributed by atoms with Crippen molar-refractivity contribution in [2.45, 2.75) is 33.2 Å². The number of esters is 1. The molecule has 0 aliphatic carbocycles. The lowest BCUT2D eigenvalue weighted by Gasteiger charge is -2.39. The number of aromatic nitrogens is 2. The summed E-state index contributed by atoms with van der Waals surface area (Å²) in [7, 11) is 1.25. The molecule has 0 unspecified atom stereocenters. The molecule has 0 aromatic carbocycles. The van der Waals surface area contributed by atoms with Crippen LogP contribution in [0, 0.1) is 5.41 Å². The van der Waals surface area contributed by atoms with Gasteiger partial charge >= 0.3 is 11.9 Å². The Kier molecular flexibility index (Phi) is 4.32. The summed E-state index contributed by atoms with van der Waals surface area (Å²) in [6.45, 7) is 6.71. The molecule has 0 amide bonds. The largest absolute Gasteiger partial charge is 0.481 e. The van der Waals surface area contributed by atoms with Crippen LogP contribution in [0.3, 0.4) is 0 Å². The fourth-order valence-corrected chi connectivity index (χ4v) is 1.37. The standard InChI is InChI=1S/C13H19N3O4/c1-12(2,11(18)19)13(3,4)16-9-7-14-6-8(15-9)10(17)20-5/h6-7H,1-5H3,(H,15,16)(H,18,19). The van der Waals surface area contributed by atoms with Crippen LogP contribution in [0.4, 0.5) is 5.82 Å². The van der Waals surface area contributed by atoms with E-state index in [4.69, 9.17) is 0 Å². The summed E-state index contributed by atoms with van der Waals surface area (Å²) in [5.41, 5.74) is -1.79. The molecule has 0 bridgehead atoms. The number of hydrogen-bond acceptors (Lipinski definition) is 6. The average Bonchev–Trinajstić information content (AvgIpc) is 2.37. The predicted molar refractivity (Wildman–Crippen MR) is 72.5 cm³/mol. The molecule has 1 heterocycles. The summed E-state index contributed by atoms with van der Waals surface area (Å²) >= 11 is 0. The zero-order chi connectivity index (χ0) is 15.6. The van der Waals surface area contributed by atoms with Gasteiger partial charge in [0.15, 0.2) is 5.69 Å². The van der Waals surface area contributed by atoms with Crippen molar-refractivity contribution in [2.75, 3.05) is 12.4 Å². The summed E-state index contributed by atoms with van der Waals surface area (Å²) in [4.78, 5) is 30.7. The van der Waals surface area contributed by atoms with Crippen LogP contribution in [0.25, 0.3) is 0 Å². The van der Waals surface area contributed by atoms with E-state index >= 15 is 0 Å². The van der Waals surface area contributed by atoms with E-state index in [-0.39, 0.29) is 5.69 Å². The van der Waals surface area contributed by atoms with E-state index in [1.165, 1.54) is 19.5 Å². The third-order valence-corrected chi connectivity index (χ3v) is 3.57. The number of ether oxygens (including phenoxy) is 1. The maximum Gasteiger partial charge on any atom is 0.358 e. The second-order valence-corrected chi connectivity index (χ2v) is 5.46. The van der Waals surface area contributed by atoms with Gasteiger partial charge in [0.25, 0.3) is 0 Å². The molecule has 1 aromatic heterocycles. The van der Waals surface area contributed by atoms with Crippen LogP contribution >= 0.6 is 0 Å². The molecule has 0 spiro atoms. The summed E-state index contributed by atoms with van der Waals surface area (Å²) in [6.07, 6.45) is 2.71. The van der Waals surface area contributed by atoms with Crippen LogP contribution in [0.1, 0.15) is 38.2 Å². The van der Waals surface area contributed by atoms with Crippen molar-refractivity contribution in [2.24, 2.45) is 5.41 Å². The van der Waals surface area contributed by atoms with Gasteiger partial charge in [-0.05, 0) is 27.7 Å². The van der Waals surface area contributed by atoms with Gasteiger partial charge in [-0.3, -0.25) is 9.78 Å². The molecule has 0 aliphatic rings. The second-order valence-electron chi connectivity index (χ2n) is 5.46. The van der Waals surface area contributed by atoms with Crippen LogP contribution in [-0.4, -0.2) is 39.7 Å². The monoisotopic (exact) mass is 281 g/mol. The highest BCUT2D eigenvalue weighted by molar-refractivity contribution is 5.87. The Morgan fingerprint density at radius 3 is 2.35 bits per heavy atom. The van der Waals surface area contributed by atoms with E-state index in [9.17, 15) is 14.7 Å². The lowest BCUT2D eigenvalue weighted by atomic mass is 9.74. The molecule has 110 valence electrons. The first kappa shape index (κ1) is 15.9. The van der Waals surface area contributed by atoms with Gasteiger partial charge in [-0.15, -0.1) is 0 Å². The lowest BCUT2D eigenvalue weighted by molar-refractivity contribution is -0.149. The highest BCUT2D eigenvalue weighted by Crippen LogP contribution is 2.33. The number of aliphatic carboxylic acids is 1. The molecule has 7 heteroatoms. The Balaban J connectivity index is 3.04. The molecule has 20 heavy (non-hydrogen) atoms. The molecule has 7 nitrogen and oxygen atoms in total. The summed E-state index contributed by atoms with van der Waals surface area (Å²) in [5, 5.41) is 12.3. The van der Waals surface area contributed by atoms with E-state index < -0.39 is 22.9 Å². The quantitative estimate of drug-likeness (QED) is 0.790. The fourth-order valence-electron chi connectivity index (χ4n) is 1.37. The van der Waals surface area contributed by atoms with Gasteiger partial charge in [0.2, 0.25) is 0 Å². The third-order valence-electron chi connectivity index (χ3n) is 3.57. The third kappa shape index (κ3) is 3.04. The Labute approximate surface area is 117 Å². The van der Waals surface area contributed by atoms with Gasteiger partial charge < -0.3 is 15.2 Å². The second kappa shape index (κ2) is 5.44. The van der Waals surface area contributed by atoms with Crippen LogP contribution < -0.4 is 5.32 Å². The maximum absolute atomic E-state index is 11.4. The van der Waals surface area contributed by atoms with Gasteiger partial charge in [-0.1, -0.05) is 0 Å². The molecule has 0 fully saturated rings. The Hall–Kier alpha value is -2.18. The molecular weight excluding hydrogens is 262 g/mol. The van der Waals surface area contributed by atoms with Gasteiger partial charge in [0.1, 0.15) is 5.82 Å². The maximum atomic E-state index is 11.4. The SMILES string of the molecule is COC(=O)c1cncc(NC(C)(C)C(C)(C)C(=O)O)n1. The summed E-state index contributed by atoms with van der Waals surface area (Å²) < 4.78 is 4.56. The van der Waals surface area contributed by atoms with E-state index in [0.29, 0.717) is 5.82 Å². The molecule has 2 N–H and O–H groups in total. The number of rotatable bonds is 5. The molecule has 1 aromatic rings. The molecule has 0 atom stereocenters. The normalized spacial score (nSPS) is 11.8. The Morgan fingerprint density at radius 1 is 1.25 bits per heavy atom. The first-order valence-corrected chi connectivity index (χ1v) is 6.04. The Bertz CT molecular complexity index is 526. The van der Waals surface area contributed by atoms with E-state index in [1.54, 1.807) is 27.7 Å². The number of carboxylic acid groups (broad SMARTS) is 1. The van der Waals surface area contributed by atoms with Gasteiger partial charge in [-0.2, -0.15) is 0 Å². The van der Waals surface area contributed by atoms with Crippen molar-refractivity contribution >= 4 is 17.8 Å². The number of hydrogen-bond donors (Lipinski definition) is 2. The zero-order valence-electron chi connectivity index (χ0n) is 12.2. The average molecular weight is 281 g/mol. The van der Waals surface area contributed by atoms with Crippen LogP contribution in [0.15, 0.2) is 12.4 Å². The molecule has 0 saturated carbocycles. The number of carbonyl (C=O) groups excluding carboxylic acids is 1. The van der Waals surface area contributed by atoms with Crippen molar-refractivity contribution in [1.29, 1.82) is 0 Å². The minimum Gasteiger partial charge on any atom is -0.481 e. The summed E-state index contributed by atoms with van der Waals surface area (Å²) in [5.74, 6) is -1.23. The van der Waals surface area contributed by atoms with Crippen molar-refractivity contribution in [1.82, 2.24) is 9.97 Å². The highest BCUT2D eigenvalue weighted by atomic mass is 16.5. The van der Waals surface area contributed by atoms with Crippen molar-refractivity contribution < 1.29 is 19.4 Å². The van der Waals surface area contributed by atoms with Crippen molar-refractivity contribution in [3.63, 3.8) is 0 Å². The first-order chi connectivity index (χ1) is 9.11. The van der Waals surface area contributed by atoms with Crippen LogP contribution in [0.5, 0.6) is 0 Å². The van der Waals surface area contributed by atoms with E-state index in [2.05, 4.69) is 20.0 Å². The van der Waals surface area contributed by atoms with Gasteiger partial charge in [0, 0.05) is 5.54 Å². The van der Waals surface area contributed by atoms with E-state index in [1.807, 2.05) is 0 Å².